The van der Waals surface area contributed by atoms with Crippen LogP contribution in [0, 0.1) is 12.7 Å². The number of aliphatic hydroxyl groups excluding tert-OH is 1. The number of nitrogens with two attached hydrogens (primary N) is 1. The average molecular weight is 437 g/mol. The van der Waals surface area contributed by atoms with Gasteiger partial charge in [-0.1, -0.05) is 31.3 Å². The quantitative estimate of drug-likeness (QED) is 0.344. The van der Waals surface area contributed by atoms with Crippen molar-refractivity contribution in [2.45, 2.75) is 20.8 Å². The van der Waals surface area contributed by atoms with Crippen LogP contribution >= 0.6 is 11.3 Å². The number of nitrogens with zero attached hydrogens (tertiary/aromatic N) is 2. The standard InChI is InChI=1S/C17H18FN5O4S.C2H6/c1-8-3-4-10(9(18)7-8)20-14-11(15(25)22-27-6-5-24)12-13(16(26)23(14)2)28-17(19)21-12;1-2/h3-4,7,20,24H,5-6H2,1-2H3,(H2,19,21)(H,22,25);1-2H3. The predicted molar refractivity (Wildman–Crippen MR) is 116 cm³/mol. The second-order valence-corrected chi connectivity index (χ2v) is 6.96. The monoisotopic (exact) mass is 437 g/mol. The van der Waals surface area contributed by atoms with E-state index >= 15 is 0 Å². The molecule has 30 heavy (non-hydrogen) atoms. The summed E-state index contributed by atoms with van der Waals surface area (Å²) >= 11 is 0.944. The van der Waals surface area contributed by atoms with Crippen LogP contribution in [0.3, 0.4) is 0 Å². The molecule has 1 amide bonds. The highest BCUT2D eigenvalue weighted by Crippen LogP contribution is 2.30. The summed E-state index contributed by atoms with van der Waals surface area (Å²) in [5.74, 6) is -1.25. The lowest BCUT2D eigenvalue weighted by Gasteiger charge is -2.17. The second-order valence-electron chi connectivity index (χ2n) is 5.93. The Bertz CT molecular complexity index is 1110. The molecule has 0 aliphatic carbocycles. The zero-order valence-corrected chi connectivity index (χ0v) is 17.9. The van der Waals surface area contributed by atoms with Gasteiger partial charge in [-0.3, -0.25) is 19.0 Å². The highest BCUT2D eigenvalue weighted by molar-refractivity contribution is 7.22. The Labute approximate surface area is 176 Å². The maximum Gasteiger partial charge on any atom is 0.280 e. The fourth-order valence-corrected chi connectivity index (χ4v) is 3.42. The van der Waals surface area contributed by atoms with Crippen molar-refractivity contribution in [3.63, 3.8) is 0 Å². The number of thiazole rings is 1. The molecule has 0 aliphatic rings. The number of amides is 1. The third-order valence-electron chi connectivity index (χ3n) is 3.91. The van der Waals surface area contributed by atoms with Gasteiger partial charge in [0.1, 0.15) is 27.4 Å². The third-order valence-corrected chi connectivity index (χ3v) is 4.79. The van der Waals surface area contributed by atoms with E-state index in [1.807, 2.05) is 13.8 Å². The van der Waals surface area contributed by atoms with Crippen molar-refractivity contribution in [3.8, 4) is 0 Å². The Morgan fingerprint density at radius 1 is 1.40 bits per heavy atom. The highest BCUT2D eigenvalue weighted by atomic mass is 32.1. The molecule has 2 aromatic heterocycles. The number of nitrogen functional groups attached to an aromatic ring is 1. The SMILES string of the molecule is CC.Cc1ccc(Nc2c(C(=O)NOCCO)c3nc(N)sc3c(=O)n2C)c(F)c1. The number of hydrogen-bond acceptors (Lipinski definition) is 8. The first kappa shape index (κ1) is 23.3. The lowest BCUT2D eigenvalue weighted by Crippen LogP contribution is -2.30. The molecular weight excluding hydrogens is 413 g/mol. The van der Waals surface area contributed by atoms with E-state index in [0.29, 0.717) is 0 Å². The Hall–Kier alpha value is -3.02. The fourth-order valence-electron chi connectivity index (χ4n) is 2.61. The smallest absolute Gasteiger partial charge is 0.280 e. The Morgan fingerprint density at radius 2 is 2.10 bits per heavy atom. The van der Waals surface area contributed by atoms with Gasteiger partial charge in [0, 0.05) is 7.05 Å². The third kappa shape index (κ3) is 4.75. The molecule has 3 aromatic rings. The number of anilines is 3. The van der Waals surface area contributed by atoms with Crippen molar-refractivity contribution >= 4 is 44.1 Å². The van der Waals surface area contributed by atoms with Crippen LogP contribution in [0.1, 0.15) is 29.8 Å². The summed E-state index contributed by atoms with van der Waals surface area (Å²) in [6, 6.07) is 4.51. The molecule has 2 heterocycles. The Balaban J connectivity index is 0.00000155. The number of hydrogen-bond donors (Lipinski definition) is 4. The zero-order valence-electron chi connectivity index (χ0n) is 17.1. The molecule has 0 radical (unpaired) electrons. The van der Waals surface area contributed by atoms with E-state index in [0.717, 1.165) is 16.9 Å². The predicted octanol–water partition coefficient (Wildman–Crippen LogP) is 2.45. The Kier molecular flexibility index (Phi) is 7.86. The summed E-state index contributed by atoms with van der Waals surface area (Å²) in [6.45, 7) is 5.31. The van der Waals surface area contributed by atoms with E-state index in [4.69, 9.17) is 15.7 Å². The minimum absolute atomic E-state index is 0.0238. The Morgan fingerprint density at radius 3 is 2.73 bits per heavy atom. The van der Waals surface area contributed by atoms with E-state index in [9.17, 15) is 14.0 Å². The van der Waals surface area contributed by atoms with Gasteiger partial charge in [-0.15, -0.1) is 0 Å². The van der Waals surface area contributed by atoms with Gasteiger partial charge in [0.05, 0.1) is 18.9 Å². The molecule has 0 fully saturated rings. The van der Waals surface area contributed by atoms with Gasteiger partial charge in [0.15, 0.2) is 5.13 Å². The van der Waals surface area contributed by atoms with Crippen molar-refractivity contribution in [1.82, 2.24) is 15.0 Å². The molecule has 0 saturated heterocycles. The van der Waals surface area contributed by atoms with Crippen molar-refractivity contribution in [3.05, 3.63) is 45.5 Å². The first-order valence-electron chi connectivity index (χ1n) is 9.18. The van der Waals surface area contributed by atoms with Crippen LogP contribution in [0.15, 0.2) is 23.0 Å². The van der Waals surface area contributed by atoms with Gasteiger partial charge >= 0.3 is 0 Å². The maximum absolute atomic E-state index is 14.3. The number of hydroxylamine groups is 1. The topological polar surface area (TPSA) is 132 Å². The van der Waals surface area contributed by atoms with Crippen molar-refractivity contribution < 1.29 is 19.1 Å². The van der Waals surface area contributed by atoms with E-state index in [1.165, 1.54) is 23.7 Å². The molecular formula is C19H24FN5O4S. The van der Waals surface area contributed by atoms with E-state index in [2.05, 4.69) is 15.8 Å². The van der Waals surface area contributed by atoms with Gasteiger partial charge in [0.25, 0.3) is 11.5 Å². The maximum atomic E-state index is 14.3. The summed E-state index contributed by atoms with van der Waals surface area (Å²) in [5, 5.41) is 11.7. The summed E-state index contributed by atoms with van der Waals surface area (Å²) in [4.78, 5) is 34.3. The van der Waals surface area contributed by atoms with E-state index < -0.39 is 17.3 Å². The van der Waals surface area contributed by atoms with Crippen LogP contribution in [0.2, 0.25) is 0 Å². The van der Waals surface area contributed by atoms with Crippen molar-refractivity contribution in [1.29, 1.82) is 0 Å². The normalized spacial score (nSPS) is 10.5. The number of carbonyl (C=O) groups excluding carboxylic acids is 1. The van der Waals surface area contributed by atoms with E-state index in [1.54, 1.807) is 13.0 Å². The molecule has 3 rings (SSSR count). The lowest BCUT2D eigenvalue weighted by molar-refractivity contribution is 0.0169. The molecule has 5 N–H and O–H groups in total. The van der Waals surface area contributed by atoms with Gasteiger partial charge in [-0.25, -0.2) is 14.9 Å². The minimum atomic E-state index is -0.727. The molecule has 0 bridgehead atoms. The van der Waals surface area contributed by atoms with Gasteiger partial charge in [0.2, 0.25) is 0 Å². The van der Waals surface area contributed by atoms with Gasteiger partial charge < -0.3 is 16.2 Å². The summed E-state index contributed by atoms with van der Waals surface area (Å²) in [5.41, 5.74) is 8.29. The largest absolute Gasteiger partial charge is 0.394 e. The number of aryl methyl sites for hydroxylation is 1. The minimum Gasteiger partial charge on any atom is -0.394 e. The summed E-state index contributed by atoms with van der Waals surface area (Å²) < 4.78 is 15.7. The number of aromatic nitrogens is 2. The van der Waals surface area contributed by atoms with Crippen LogP contribution < -0.4 is 22.1 Å². The molecule has 11 heteroatoms. The molecule has 0 unspecified atom stereocenters. The number of nitrogens with one attached hydrogen (secondary N) is 2. The second kappa shape index (κ2) is 10.1. The van der Waals surface area contributed by atoms with Gasteiger partial charge in [-0.2, -0.15) is 0 Å². The molecule has 9 nitrogen and oxygen atoms in total. The molecule has 1 aromatic carbocycles. The molecule has 0 aliphatic heterocycles. The van der Waals surface area contributed by atoms with Crippen LogP contribution in [0.25, 0.3) is 10.2 Å². The fraction of sp³-hybridized carbons (Fsp3) is 0.316. The van der Waals surface area contributed by atoms with Crippen LogP contribution in [-0.4, -0.2) is 33.8 Å². The lowest BCUT2D eigenvalue weighted by atomic mass is 10.1. The van der Waals surface area contributed by atoms with Crippen molar-refractivity contribution in [2.24, 2.45) is 7.05 Å². The van der Waals surface area contributed by atoms with E-state index in [-0.39, 0.29) is 45.6 Å². The number of carbonyl (C=O) groups is 1. The van der Waals surface area contributed by atoms with Crippen LogP contribution in [0.5, 0.6) is 0 Å². The summed E-state index contributed by atoms with van der Waals surface area (Å²) in [7, 11) is 1.44. The van der Waals surface area contributed by atoms with Crippen LogP contribution in [0.4, 0.5) is 21.0 Å². The zero-order chi connectivity index (χ0) is 22.4. The number of halogens is 1. The highest BCUT2D eigenvalue weighted by Gasteiger charge is 2.25. The number of aliphatic hydroxyl groups is 1. The summed E-state index contributed by atoms with van der Waals surface area (Å²) in [6.07, 6.45) is 0. The first-order valence-corrected chi connectivity index (χ1v) is 10.00. The van der Waals surface area contributed by atoms with Crippen LogP contribution in [-0.2, 0) is 11.9 Å². The number of fused-ring (bicyclic) bond motifs is 1. The van der Waals surface area contributed by atoms with Crippen molar-refractivity contribution in [2.75, 3.05) is 24.3 Å². The molecule has 0 atom stereocenters. The number of rotatable bonds is 6. The average Bonchev–Trinajstić information content (AvgIpc) is 3.10. The number of benzene rings is 1. The van der Waals surface area contributed by atoms with Gasteiger partial charge in [-0.05, 0) is 24.6 Å². The first-order chi connectivity index (χ1) is 14.3. The molecule has 0 saturated carbocycles. The molecule has 162 valence electrons. The number of pyridine rings is 1. The molecule has 0 spiro atoms.